The number of methoxy groups -OCH3 is 1. The summed E-state index contributed by atoms with van der Waals surface area (Å²) in [5.74, 6) is 0.522. The van der Waals surface area contributed by atoms with Gasteiger partial charge in [0.15, 0.2) is 0 Å². The van der Waals surface area contributed by atoms with Crippen LogP contribution in [0, 0.1) is 6.92 Å². The second kappa shape index (κ2) is 7.39. The van der Waals surface area contributed by atoms with Crippen molar-refractivity contribution in [2.75, 3.05) is 19.1 Å². The third kappa shape index (κ3) is 3.31. The van der Waals surface area contributed by atoms with Crippen molar-refractivity contribution in [1.29, 1.82) is 0 Å². The minimum absolute atomic E-state index is 0.106. The van der Waals surface area contributed by atoms with Crippen LogP contribution in [0.25, 0.3) is 10.9 Å². The van der Waals surface area contributed by atoms with Crippen molar-refractivity contribution >= 4 is 22.5 Å². The third-order valence-corrected chi connectivity index (χ3v) is 4.44. The molecule has 0 bridgehead atoms. The standard InChI is InChI=1S/C20H21N3O3/c1-14-7-6-8-15-19(14)21-13-23(20(15)25)12-11-18(24)22(2)16-9-4-5-10-17(16)26-3/h4-10,13H,11-12H2,1-3H3. The molecule has 0 aliphatic carbocycles. The van der Waals surface area contributed by atoms with E-state index in [2.05, 4.69) is 4.98 Å². The van der Waals surface area contributed by atoms with Crippen molar-refractivity contribution in [1.82, 2.24) is 9.55 Å². The monoisotopic (exact) mass is 351 g/mol. The first-order valence-electron chi connectivity index (χ1n) is 8.37. The topological polar surface area (TPSA) is 64.4 Å². The smallest absolute Gasteiger partial charge is 0.261 e. The Balaban J connectivity index is 1.78. The average molecular weight is 351 g/mol. The summed E-state index contributed by atoms with van der Waals surface area (Å²) in [4.78, 5) is 31.1. The zero-order valence-corrected chi connectivity index (χ0v) is 15.1. The van der Waals surface area contributed by atoms with E-state index in [1.54, 1.807) is 31.2 Å². The van der Waals surface area contributed by atoms with Gasteiger partial charge < -0.3 is 9.64 Å². The van der Waals surface area contributed by atoms with Crippen molar-refractivity contribution < 1.29 is 9.53 Å². The number of carbonyl (C=O) groups is 1. The van der Waals surface area contributed by atoms with Crippen LogP contribution in [0.5, 0.6) is 5.75 Å². The molecule has 3 rings (SSSR count). The molecule has 0 saturated carbocycles. The molecule has 2 aromatic carbocycles. The van der Waals surface area contributed by atoms with Gasteiger partial charge in [0.1, 0.15) is 5.75 Å². The number of aromatic nitrogens is 2. The molecule has 0 saturated heterocycles. The maximum atomic E-state index is 12.6. The van der Waals surface area contributed by atoms with Crippen LogP contribution in [0.4, 0.5) is 5.69 Å². The molecule has 0 fully saturated rings. The van der Waals surface area contributed by atoms with Gasteiger partial charge in [0.2, 0.25) is 5.91 Å². The van der Waals surface area contributed by atoms with Crippen molar-refractivity contribution in [3.8, 4) is 5.75 Å². The van der Waals surface area contributed by atoms with E-state index in [4.69, 9.17) is 4.74 Å². The summed E-state index contributed by atoms with van der Waals surface area (Å²) >= 11 is 0. The number of rotatable bonds is 5. The quantitative estimate of drug-likeness (QED) is 0.709. The van der Waals surface area contributed by atoms with Crippen molar-refractivity contribution in [3.05, 3.63) is 64.7 Å². The van der Waals surface area contributed by atoms with E-state index < -0.39 is 0 Å². The van der Waals surface area contributed by atoms with Gasteiger partial charge in [-0.3, -0.25) is 14.2 Å². The lowest BCUT2D eigenvalue weighted by atomic mass is 10.1. The Kier molecular flexibility index (Phi) is 5.02. The first-order valence-corrected chi connectivity index (χ1v) is 8.37. The number of ether oxygens (including phenoxy) is 1. The van der Waals surface area contributed by atoms with Gasteiger partial charge in [0.05, 0.1) is 30.0 Å². The molecule has 0 aliphatic rings. The fraction of sp³-hybridized carbons (Fsp3) is 0.250. The van der Waals surface area contributed by atoms with Gasteiger partial charge in [0, 0.05) is 20.0 Å². The predicted octanol–water partition coefficient (Wildman–Crippen LogP) is 2.77. The van der Waals surface area contributed by atoms with E-state index in [0.29, 0.717) is 22.3 Å². The lowest BCUT2D eigenvalue weighted by Gasteiger charge is -2.20. The Bertz CT molecular complexity index is 1010. The Morgan fingerprint density at radius 3 is 2.73 bits per heavy atom. The number of para-hydroxylation sites is 3. The summed E-state index contributed by atoms with van der Waals surface area (Å²) in [5, 5.41) is 0.568. The molecule has 0 aliphatic heterocycles. The molecule has 1 amide bonds. The van der Waals surface area contributed by atoms with E-state index in [9.17, 15) is 9.59 Å². The Labute approximate surface area is 151 Å². The lowest BCUT2D eigenvalue weighted by molar-refractivity contribution is -0.118. The van der Waals surface area contributed by atoms with Crippen LogP contribution >= 0.6 is 0 Å². The van der Waals surface area contributed by atoms with E-state index in [0.717, 1.165) is 5.56 Å². The number of nitrogens with zero attached hydrogens (tertiary/aromatic N) is 3. The summed E-state index contributed by atoms with van der Waals surface area (Å²) in [5.41, 5.74) is 2.22. The zero-order chi connectivity index (χ0) is 18.7. The zero-order valence-electron chi connectivity index (χ0n) is 15.1. The minimum Gasteiger partial charge on any atom is -0.495 e. The fourth-order valence-electron chi connectivity index (χ4n) is 2.92. The van der Waals surface area contributed by atoms with Crippen molar-refractivity contribution in [2.24, 2.45) is 0 Å². The first kappa shape index (κ1) is 17.7. The van der Waals surface area contributed by atoms with Crippen molar-refractivity contribution in [3.63, 3.8) is 0 Å². The van der Waals surface area contributed by atoms with Gasteiger partial charge in [-0.1, -0.05) is 24.3 Å². The largest absolute Gasteiger partial charge is 0.495 e. The number of fused-ring (bicyclic) bond motifs is 1. The molecule has 26 heavy (non-hydrogen) atoms. The summed E-state index contributed by atoms with van der Waals surface area (Å²) in [6.45, 7) is 2.19. The highest BCUT2D eigenvalue weighted by Crippen LogP contribution is 2.26. The molecular weight excluding hydrogens is 330 g/mol. The summed E-state index contributed by atoms with van der Waals surface area (Å²) in [7, 11) is 3.27. The first-order chi connectivity index (χ1) is 12.5. The maximum Gasteiger partial charge on any atom is 0.261 e. The van der Waals surface area contributed by atoms with Gasteiger partial charge in [0.25, 0.3) is 5.56 Å². The third-order valence-electron chi connectivity index (χ3n) is 4.44. The summed E-state index contributed by atoms with van der Waals surface area (Å²) in [6.07, 6.45) is 1.70. The Hall–Kier alpha value is -3.15. The van der Waals surface area contributed by atoms with Crippen LogP contribution in [-0.4, -0.2) is 29.6 Å². The summed E-state index contributed by atoms with van der Waals surface area (Å²) < 4.78 is 6.78. The molecule has 6 heteroatoms. The normalized spacial score (nSPS) is 10.7. The van der Waals surface area contributed by atoms with Crippen LogP contribution in [0.15, 0.2) is 53.6 Å². The van der Waals surface area contributed by atoms with E-state index in [-0.39, 0.29) is 24.4 Å². The molecule has 6 nitrogen and oxygen atoms in total. The lowest BCUT2D eigenvalue weighted by Crippen LogP contribution is -2.29. The van der Waals surface area contributed by atoms with Crippen LogP contribution in [0.3, 0.4) is 0 Å². The van der Waals surface area contributed by atoms with Crippen LogP contribution in [0.2, 0.25) is 0 Å². The number of hydrogen-bond acceptors (Lipinski definition) is 4. The molecule has 0 spiro atoms. The van der Waals surface area contributed by atoms with Gasteiger partial charge >= 0.3 is 0 Å². The number of anilines is 1. The summed E-state index contributed by atoms with van der Waals surface area (Å²) in [6, 6.07) is 12.8. The molecule has 134 valence electrons. The van der Waals surface area contributed by atoms with Gasteiger partial charge in [-0.15, -0.1) is 0 Å². The second-order valence-electron chi connectivity index (χ2n) is 6.09. The SMILES string of the molecule is COc1ccccc1N(C)C(=O)CCn1cnc2c(C)cccc2c1=O. The molecule has 1 aromatic heterocycles. The number of amides is 1. The highest BCUT2D eigenvalue weighted by atomic mass is 16.5. The van der Waals surface area contributed by atoms with Crippen LogP contribution in [-0.2, 0) is 11.3 Å². The molecular formula is C20H21N3O3. The van der Waals surface area contributed by atoms with Gasteiger partial charge in [-0.25, -0.2) is 4.98 Å². The fourth-order valence-corrected chi connectivity index (χ4v) is 2.92. The van der Waals surface area contributed by atoms with E-state index in [1.165, 1.54) is 10.9 Å². The Morgan fingerprint density at radius 2 is 1.96 bits per heavy atom. The van der Waals surface area contributed by atoms with E-state index in [1.807, 2.05) is 37.3 Å². The molecule has 1 heterocycles. The van der Waals surface area contributed by atoms with Crippen LogP contribution < -0.4 is 15.2 Å². The predicted molar refractivity (Wildman–Crippen MR) is 102 cm³/mol. The molecule has 0 atom stereocenters. The highest BCUT2D eigenvalue weighted by molar-refractivity contribution is 5.94. The number of aryl methyl sites for hydroxylation is 2. The maximum absolute atomic E-state index is 12.6. The second-order valence-corrected chi connectivity index (χ2v) is 6.09. The average Bonchev–Trinajstić information content (AvgIpc) is 2.67. The van der Waals surface area contributed by atoms with E-state index >= 15 is 0 Å². The molecule has 0 radical (unpaired) electrons. The highest BCUT2D eigenvalue weighted by Gasteiger charge is 2.15. The van der Waals surface area contributed by atoms with Gasteiger partial charge in [-0.2, -0.15) is 0 Å². The number of carbonyl (C=O) groups excluding carboxylic acids is 1. The molecule has 0 unspecified atom stereocenters. The van der Waals surface area contributed by atoms with Crippen LogP contribution in [0.1, 0.15) is 12.0 Å². The van der Waals surface area contributed by atoms with Gasteiger partial charge in [-0.05, 0) is 30.7 Å². The minimum atomic E-state index is -0.133. The number of hydrogen-bond donors (Lipinski definition) is 0. The Morgan fingerprint density at radius 1 is 1.19 bits per heavy atom. The molecule has 3 aromatic rings. The molecule has 0 N–H and O–H groups in total. The van der Waals surface area contributed by atoms with Crippen molar-refractivity contribution in [2.45, 2.75) is 19.9 Å². The number of benzene rings is 2.